The highest BCUT2D eigenvalue weighted by Crippen LogP contribution is 2.24. The lowest BCUT2D eigenvalue weighted by atomic mass is 10.0. The molecule has 1 saturated heterocycles. The van der Waals surface area contributed by atoms with E-state index in [0.29, 0.717) is 11.8 Å². The first-order chi connectivity index (χ1) is 9.83. The van der Waals surface area contributed by atoms with Crippen LogP contribution in [0.1, 0.15) is 17.2 Å². The molecule has 0 amide bonds. The largest absolute Gasteiger partial charge is 0.508 e. The summed E-state index contributed by atoms with van der Waals surface area (Å²) in [5.74, 6) is 0.329. The SMILES string of the molecule is Oc1cccc(CN2CCNCC2c2cccnc2)c1. The average molecular weight is 269 g/mol. The smallest absolute Gasteiger partial charge is 0.115 e. The number of hydrogen-bond donors (Lipinski definition) is 2. The Balaban J connectivity index is 1.79. The van der Waals surface area contributed by atoms with Crippen molar-refractivity contribution in [1.29, 1.82) is 0 Å². The predicted octanol–water partition coefficient (Wildman–Crippen LogP) is 1.93. The Labute approximate surface area is 119 Å². The molecule has 1 aromatic heterocycles. The first-order valence-corrected chi connectivity index (χ1v) is 6.95. The van der Waals surface area contributed by atoms with E-state index in [2.05, 4.69) is 27.3 Å². The summed E-state index contributed by atoms with van der Waals surface area (Å²) in [4.78, 5) is 6.65. The van der Waals surface area contributed by atoms with Crippen molar-refractivity contribution in [1.82, 2.24) is 15.2 Å². The summed E-state index contributed by atoms with van der Waals surface area (Å²) in [6.07, 6.45) is 3.74. The number of nitrogens with one attached hydrogen (secondary N) is 1. The molecule has 4 heteroatoms. The van der Waals surface area contributed by atoms with Crippen LogP contribution in [0, 0.1) is 0 Å². The van der Waals surface area contributed by atoms with Gasteiger partial charge in [-0.2, -0.15) is 0 Å². The van der Waals surface area contributed by atoms with E-state index in [-0.39, 0.29) is 0 Å². The molecular weight excluding hydrogens is 250 g/mol. The number of nitrogens with zero attached hydrogens (tertiary/aromatic N) is 2. The summed E-state index contributed by atoms with van der Waals surface area (Å²) >= 11 is 0. The van der Waals surface area contributed by atoms with E-state index in [9.17, 15) is 5.11 Å². The molecule has 2 N–H and O–H groups in total. The van der Waals surface area contributed by atoms with Gasteiger partial charge in [-0.3, -0.25) is 9.88 Å². The minimum atomic E-state index is 0.329. The van der Waals surface area contributed by atoms with E-state index in [1.165, 1.54) is 5.56 Å². The fraction of sp³-hybridized carbons (Fsp3) is 0.312. The molecule has 1 fully saturated rings. The maximum absolute atomic E-state index is 9.58. The van der Waals surface area contributed by atoms with E-state index in [1.54, 1.807) is 12.3 Å². The Morgan fingerprint density at radius 1 is 1.30 bits per heavy atom. The van der Waals surface area contributed by atoms with Crippen molar-refractivity contribution in [3.63, 3.8) is 0 Å². The third-order valence-electron chi connectivity index (χ3n) is 3.72. The molecule has 2 aromatic rings. The van der Waals surface area contributed by atoms with Crippen LogP contribution >= 0.6 is 0 Å². The number of rotatable bonds is 3. The number of piperazine rings is 1. The second-order valence-electron chi connectivity index (χ2n) is 5.15. The van der Waals surface area contributed by atoms with E-state index in [0.717, 1.165) is 31.7 Å². The Morgan fingerprint density at radius 3 is 3.05 bits per heavy atom. The Morgan fingerprint density at radius 2 is 2.25 bits per heavy atom. The van der Waals surface area contributed by atoms with Crippen molar-refractivity contribution in [3.8, 4) is 5.75 Å². The van der Waals surface area contributed by atoms with E-state index in [1.807, 2.05) is 24.4 Å². The van der Waals surface area contributed by atoms with Gasteiger partial charge in [0.05, 0.1) is 0 Å². The van der Waals surface area contributed by atoms with Gasteiger partial charge in [-0.05, 0) is 29.3 Å². The summed E-state index contributed by atoms with van der Waals surface area (Å²) < 4.78 is 0. The second kappa shape index (κ2) is 6.03. The number of phenolic OH excluding ortho intramolecular Hbond substituents is 1. The summed E-state index contributed by atoms with van der Waals surface area (Å²) in [7, 11) is 0. The van der Waals surface area contributed by atoms with Gasteiger partial charge in [0.15, 0.2) is 0 Å². The van der Waals surface area contributed by atoms with Crippen molar-refractivity contribution in [3.05, 3.63) is 59.9 Å². The molecule has 2 heterocycles. The molecule has 1 aliphatic heterocycles. The Kier molecular flexibility index (Phi) is 3.95. The van der Waals surface area contributed by atoms with E-state index < -0.39 is 0 Å². The number of aromatic nitrogens is 1. The van der Waals surface area contributed by atoms with Gasteiger partial charge in [-0.15, -0.1) is 0 Å². The lowest BCUT2D eigenvalue weighted by Gasteiger charge is -2.36. The van der Waals surface area contributed by atoms with Crippen LogP contribution in [0.2, 0.25) is 0 Å². The third-order valence-corrected chi connectivity index (χ3v) is 3.72. The first-order valence-electron chi connectivity index (χ1n) is 6.95. The van der Waals surface area contributed by atoms with Crippen LogP contribution in [0.25, 0.3) is 0 Å². The summed E-state index contributed by atoms with van der Waals surface area (Å²) in [5.41, 5.74) is 2.38. The zero-order chi connectivity index (χ0) is 13.8. The summed E-state index contributed by atoms with van der Waals surface area (Å²) in [6.45, 7) is 3.77. The molecule has 104 valence electrons. The minimum absolute atomic E-state index is 0.329. The molecule has 0 aliphatic carbocycles. The highest BCUT2D eigenvalue weighted by Gasteiger charge is 2.23. The first kappa shape index (κ1) is 13.1. The number of aromatic hydroxyl groups is 1. The predicted molar refractivity (Wildman–Crippen MR) is 78.4 cm³/mol. The van der Waals surface area contributed by atoms with Gasteiger partial charge in [-0.1, -0.05) is 18.2 Å². The van der Waals surface area contributed by atoms with Gasteiger partial charge in [0.2, 0.25) is 0 Å². The molecule has 0 bridgehead atoms. The minimum Gasteiger partial charge on any atom is -0.508 e. The van der Waals surface area contributed by atoms with Gasteiger partial charge in [0.1, 0.15) is 5.75 Å². The summed E-state index contributed by atoms with van der Waals surface area (Å²) in [5, 5.41) is 13.0. The molecule has 1 aromatic carbocycles. The molecule has 1 unspecified atom stereocenters. The van der Waals surface area contributed by atoms with Crippen molar-refractivity contribution in [2.45, 2.75) is 12.6 Å². The van der Waals surface area contributed by atoms with Crippen LogP contribution < -0.4 is 5.32 Å². The van der Waals surface area contributed by atoms with Crippen molar-refractivity contribution in [2.75, 3.05) is 19.6 Å². The van der Waals surface area contributed by atoms with Crippen molar-refractivity contribution >= 4 is 0 Å². The fourth-order valence-electron chi connectivity index (χ4n) is 2.73. The van der Waals surface area contributed by atoms with Gasteiger partial charge < -0.3 is 10.4 Å². The van der Waals surface area contributed by atoms with Gasteiger partial charge in [0.25, 0.3) is 0 Å². The molecule has 0 spiro atoms. The highest BCUT2D eigenvalue weighted by atomic mass is 16.3. The van der Waals surface area contributed by atoms with Crippen LogP contribution in [-0.4, -0.2) is 34.6 Å². The van der Waals surface area contributed by atoms with Crippen LogP contribution in [0.5, 0.6) is 5.75 Å². The second-order valence-corrected chi connectivity index (χ2v) is 5.15. The summed E-state index contributed by atoms with van der Waals surface area (Å²) in [6, 6.07) is 11.9. The van der Waals surface area contributed by atoms with Gasteiger partial charge >= 0.3 is 0 Å². The quantitative estimate of drug-likeness (QED) is 0.894. The molecular formula is C16H19N3O. The topological polar surface area (TPSA) is 48.4 Å². The molecule has 0 radical (unpaired) electrons. The molecule has 3 rings (SSSR count). The van der Waals surface area contributed by atoms with Crippen LogP contribution in [0.4, 0.5) is 0 Å². The Bertz CT molecular complexity index is 559. The lowest BCUT2D eigenvalue weighted by Crippen LogP contribution is -2.45. The number of pyridine rings is 1. The highest BCUT2D eigenvalue weighted by molar-refractivity contribution is 5.27. The van der Waals surface area contributed by atoms with Gasteiger partial charge in [-0.25, -0.2) is 0 Å². The van der Waals surface area contributed by atoms with Gasteiger partial charge in [0, 0.05) is 44.6 Å². The van der Waals surface area contributed by atoms with Crippen molar-refractivity contribution in [2.24, 2.45) is 0 Å². The number of phenols is 1. The fourth-order valence-corrected chi connectivity index (χ4v) is 2.73. The Hall–Kier alpha value is -1.91. The number of hydrogen-bond acceptors (Lipinski definition) is 4. The maximum Gasteiger partial charge on any atom is 0.115 e. The molecule has 1 atom stereocenters. The third kappa shape index (κ3) is 2.98. The van der Waals surface area contributed by atoms with Crippen molar-refractivity contribution < 1.29 is 5.11 Å². The normalized spacial score (nSPS) is 19.9. The standard InChI is InChI=1S/C16H19N3O/c20-15-5-1-3-13(9-15)12-19-8-7-18-11-16(19)14-4-2-6-17-10-14/h1-6,9-10,16,18,20H,7-8,11-12H2. The van der Waals surface area contributed by atoms with Crippen LogP contribution in [-0.2, 0) is 6.54 Å². The molecule has 1 aliphatic rings. The van der Waals surface area contributed by atoms with Crippen LogP contribution in [0.3, 0.4) is 0 Å². The van der Waals surface area contributed by atoms with Crippen LogP contribution in [0.15, 0.2) is 48.8 Å². The zero-order valence-corrected chi connectivity index (χ0v) is 11.4. The molecule has 20 heavy (non-hydrogen) atoms. The average Bonchev–Trinajstić information content (AvgIpc) is 2.49. The number of benzene rings is 1. The van der Waals surface area contributed by atoms with E-state index in [4.69, 9.17) is 0 Å². The zero-order valence-electron chi connectivity index (χ0n) is 11.4. The lowest BCUT2D eigenvalue weighted by molar-refractivity contribution is 0.153. The monoisotopic (exact) mass is 269 g/mol. The molecule has 4 nitrogen and oxygen atoms in total. The molecule has 0 saturated carbocycles. The van der Waals surface area contributed by atoms with E-state index >= 15 is 0 Å². The maximum atomic E-state index is 9.58.